The number of aromatic nitrogens is 4. The van der Waals surface area contributed by atoms with Crippen LogP contribution < -0.4 is 16.4 Å². The fraction of sp³-hybridized carbons (Fsp3) is 0.667. The molecule has 0 saturated carbocycles. The lowest BCUT2D eigenvalue weighted by Gasteiger charge is -2.47. The van der Waals surface area contributed by atoms with Crippen molar-refractivity contribution in [1.82, 2.24) is 45.5 Å². The van der Waals surface area contributed by atoms with Gasteiger partial charge in [-0.2, -0.15) is 0 Å². The van der Waals surface area contributed by atoms with E-state index in [1.807, 2.05) is 11.8 Å². The Morgan fingerprint density at radius 2 is 1.95 bits per heavy atom. The summed E-state index contributed by atoms with van der Waals surface area (Å²) in [5.41, 5.74) is 5.26. The predicted octanol–water partition coefficient (Wildman–Crippen LogP) is -2.96. The van der Waals surface area contributed by atoms with Crippen molar-refractivity contribution < 1.29 is 29.1 Å². The minimum absolute atomic E-state index is 0.0102. The number of hydrogen-bond donors (Lipinski definition) is 4. The summed E-state index contributed by atoms with van der Waals surface area (Å²) in [6, 6.07) is -1.29. The van der Waals surface area contributed by atoms with E-state index in [4.69, 9.17) is 5.73 Å². The van der Waals surface area contributed by atoms with Gasteiger partial charge in [0.2, 0.25) is 23.6 Å². The standard InChI is InChI=1S/C24H34N10O6S/c1-12-19-18(13(2)28-17(36)10-33-11-27-29-30-33)23(38)34(19)20(24(39)40)21(12)41-14-7-15(26-8-14)22(37)32-5-3-31(4-6-32)9-16(25)35/h11-15,18-19,26H,3-10H2,1-2H3,(H2,25,35)(H,28,36)(H,39,40)/t12-,13-,14+,15+,18-,19-/m1/s1. The zero-order valence-electron chi connectivity index (χ0n) is 22.8. The number of carboxylic acid groups (broad SMARTS) is 1. The lowest BCUT2D eigenvalue weighted by Crippen LogP contribution is -2.66. The summed E-state index contributed by atoms with van der Waals surface area (Å²) in [7, 11) is 0. The van der Waals surface area contributed by atoms with Crippen LogP contribution in [0.3, 0.4) is 0 Å². The number of aliphatic carboxylic acids is 1. The Morgan fingerprint density at radius 1 is 1.22 bits per heavy atom. The van der Waals surface area contributed by atoms with Crippen molar-refractivity contribution in [2.75, 3.05) is 39.3 Å². The second-order valence-corrected chi connectivity index (χ2v) is 12.2. The van der Waals surface area contributed by atoms with E-state index in [-0.39, 0.29) is 59.8 Å². The molecule has 4 aliphatic heterocycles. The van der Waals surface area contributed by atoms with Gasteiger partial charge in [0, 0.05) is 54.8 Å². The molecule has 16 nitrogen and oxygen atoms in total. The highest BCUT2D eigenvalue weighted by Crippen LogP contribution is 2.51. The first-order valence-electron chi connectivity index (χ1n) is 13.5. The molecule has 0 spiro atoms. The highest BCUT2D eigenvalue weighted by atomic mass is 32.2. The van der Waals surface area contributed by atoms with Crippen molar-refractivity contribution in [3.8, 4) is 0 Å². The maximum Gasteiger partial charge on any atom is 0.353 e. The fourth-order valence-corrected chi connectivity index (χ4v) is 7.69. The third kappa shape index (κ3) is 5.78. The van der Waals surface area contributed by atoms with Crippen molar-refractivity contribution >= 4 is 41.4 Å². The summed E-state index contributed by atoms with van der Waals surface area (Å²) in [6.07, 6.45) is 1.84. The van der Waals surface area contributed by atoms with Crippen molar-refractivity contribution in [2.45, 2.75) is 50.2 Å². The average molecular weight is 591 g/mol. The number of nitrogens with two attached hydrogens (primary N) is 1. The Labute approximate surface area is 240 Å². The van der Waals surface area contributed by atoms with E-state index >= 15 is 0 Å². The number of β-lactam (4-membered cyclic amide) rings is 1. The van der Waals surface area contributed by atoms with E-state index in [1.54, 1.807) is 11.8 Å². The number of primary amides is 1. The van der Waals surface area contributed by atoms with Crippen LogP contribution in [0.1, 0.15) is 20.3 Å². The van der Waals surface area contributed by atoms with Gasteiger partial charge in [-0.3, -0.25) is 24.1 Å². The Balaban J connectivity index is 1.19. The summed E-state index contributed by atoms with van der Waals surface area (Å²) in [5, 5.41) is 26.8. The van der Waals surface area contributed by atoms with Gasteiger partial charge in [0.1, 0.15) is 18.6 Å². The molecule has 3 fully saturated rings. The molecule has 5 rings (SSSR count). The molecule has 0 bridgehead atoms. The number of fused-ring (bicyclic) bond motifs is 1. The molecule has 6 atom stereocenters. The van der Waals surface area contributed by atoms with Crippen LogP contribution in [0.5, 0.6) is 0 Å². The van der Waals surface area contributed by atoms with E-state index in [0.29, 0.717) is 44.0 Å². The molecule has 4 amide bonds. The molecule has 0 aliphatic carbocycles. The van der Waals surface area contributed by atoms with Crippen LogP contribution in [0.2, 0.25) is 0 Å². The zero-order chi connectivity index (χ0) is 29.4. The van der Waals surface area contributed by atoms with Crippen molar-refractivity contribution in [3.05, 3.63) is 16.9 Å². The number of nitrogens with zero attached hydrogens (tertiary/aromatic N) is 7. The zero-order valence-corrected chi connectivity index (χ0v) is 23.6. The van der Waals surface area contributed by atoms with Crippen LogP contribution in [0, 0.1) is 11.8 Å². The largest absolute Gasteiger partial charge is 0.477 e. The van der Waals surface area contributed by atoms with E-state index < -0.39 is 23.8 Å². The molecule has 1 aromatic heterocycles. The maximum absolute atomic E-state index is 13.2. The molecular weight excluding hydrogens is 556 g/mol. The fourth-order valence-electron chi connectivity index (χ4n) is 6.21. The first kappa shape index (κ1) is 28.9. The van der Waals surface area contributed by atoms with Crippen molar-refractivity contribution in [3.63, 3.8) is 0 Å². The van der Waals surface area contributed by atoms with Gasteiger partial charge in [-0.15, -0.1) is 16.9 Å². The van der Waals surface area contributed by atoms with Crippen LogP contribution in [0.25, 0.3) is 0 Å². The summed E-state index contributed by atoms with van der Waals surface area (Å²) < 4.78 is 1.27. The molecule has 41 heavy (non-hydrogen) atoms. The Bertz CT molecular complexity index is 1250. The number of hydrogen-bond acceptors (Lipinski definition) is 11. The van der Waals surface area contributed by atoms with Crippen molar-refractivity contribution in [2.24, 2.45) is 17.6 Å². The number of piperazine rings is 1. The highest BCUT2D eigenvalue weighted by molar-refractivity contribution is 8.03. The van der Waals surface area contributed by atoms with Gasteiger partial charge in [0.15, 0.2) is 0 Å². The molecule has 5 heterocycles. The highest BCUT2D eigenvalue weighted by Gasteiger charge is 2.60. The summed E-state index contributed by atoms with van der Waals surface area (Å²) >= 11 is 1.41. The quantitative estimate of drug-likeness (QED) is 0.202. The number of nitrogens with one attached hydrogen (secondary N) is 2. The number of amides is 4. The van der Waals surface area contributed by atoms with E-state index in [0.717, 1.165) is 0 Å². The predicted molar refractivity (Wildman–Crippen MR) is 143 cm³/mol. The first-order valence-corrected chi connectivity index (χ1v) is 14.4. The van der Waals surface area contributed by atoms with E-state index in [1.165, 1.54) is 27.7 Å². The normalized spacial score (nSPS) is 28.8. The van der Waals surface area contributed by atoms with Crippen LogP contribution >= 0.6 is 11.8 Å². The Hall–Kier alpha value is -3.57. The topological polar surface area (TPSA) is 209 Å². The number of carbonyl (C=O) groups excluding carboxylic acids is 4. The van der Waals surface area contributed by atoms with Gasteiger partial charge in [-0.1, -0.05) is 6.92 Å². The molecule has 5 N–H and O–H groups in total. The van der Waals surface area contributed by atoms with Crippen molar-refractivity contribution in [1.29, 1.82) is 0 Å². The molecule has 3 saturated heterocycles. The van der Waals surface area contributed by atoms with Gasteiger partial charge in [0.05, 0.1) is 24.5 Å². The number of thioether (sulfide) groups is 1. The van der Waals surface area contributed by atoms with Crippen LogP contribution in [0.4, 0.5) is 0 Å². The number of rotatable bonds is 10. The minimum Gasteiger partial charge on any atom is -0.477 e. The van der Waals surface area contributed by atoms with Gasteiger partial charge in [-0.05, 0) is 23.8 Å². The molecule has 222 valence electrons. The Morgan fingerprint density at radius 3 is 2.59 bits per heavy atom. The third-order valence-corrected chi connectivity index (χ3v) is 9.67. The molecule has 0 unspecified atom stereocenters. The van der Waals surface area contributed by atoms with E-state index in [9.17, 15) is 29.1 Å². The monoisotopic (exact) mass is 590 g/mol. The number of carboxylic acids is 1. The SMILES string of the molecule is C[C@@H](NC(=O)Cn1cnnn1)[C@H]1C(=O)N2C(C(=O)O)=C(S[C@@H]3CN[C@H](C(=O)N4CCN(CC(N)=O)CC4)C3)[C@H](C)[C@H]12. The first-order chi connectivity index (χ1) is 19.5. The third-order valence-electron chi connectivity index (χ3n) is 8.16. The Kier molecular flexibility index (Phi) is 8.28. The minimum atomic E-state index is -1.17. The summed E-state index contributed by atoms with van der Waals surface area (Å²) in [5.74, 6) is -3.08. The molecule has 0 radical (unpaired) electrons. The summed E-state index contributed by atoms with van der Waals surface area (Å²) in [4.78, 5) is 67.9. The lowest BCUT2D eigenvalue weighted by atomic mass is 9.78. The average Bonchev–Trinajstić information content (AvgIpc) is 3.64. The van der Waals surface area contributed by atoms with Gasteiger partial charge >= 0.3 is 5.97 Å². The smallest absolute Gasteiger partial charge is 0.353 e. The maximum atomic E-state index is 13.2. The number of carbonyl (C=O) groups is 5. The van der Waals surface area contributed by atoms with E-state index in [2.05, 4.69) is 26.2 Å². The second-order valence-electron chi connectivity index (χ2n) is 10.9. The van der Waals surface area contributed by atoms with Crippen LogP contribution in [0.15, 0.2) is 16.9 Å². The van der Waals surface area contributed by atoms with Gasteiger partial charge in [-0.25, -0.2) is 9.48 Å². The lowest BCUT2D eigenvalue weighted by molar-refractivity contribution is -0.158. The molecule has 1 aromatic rings. The van der Waals surface area contributed by atoms with Crippen LogP contribution in [-0.2, 0) is 30.5 Å². The summed E-state index contributed by atoms with van der Waals surface area (Å²) in [6.45, 7) is 6.42. The van der Waals surface area contributed by atoms with Crippen LogP contribution in [-0.4, -0.2) is 132 Å². The number of tetrazole rings is 1. The molecule has 0 aromatic carbocycles. The molecule has 4 aliphatic rings. The van der Waals surface area contributed by atoms with Gasteiger partial charge in [0.25, 0.3) is 0 Å². The molecular formula is C24H34N10O6S. The second kappa shape index (κ2) is 11.7. The van der Waals surface area contributed by atoms with Gasteiger partial charge < -0.3 is 31.3 Å². The molecule has 17 heteroatoms.